The fourth-order valence-corrected chi connectivity index (χ4v) is 4.11. The molecule has 3 aromatic carbocycles. The summed E-state index contributed by atoms with van der Waals surface area (Å²) in [6.07, 6.45) is 1.81. The van der Waals surface area contributed by atoms with E-state index in [0.717, 1.165) is 20.3 Å². The minimum atomic E-state index is 0.190. The zero-order chi connectivity index (χ0) is 21.8. The number of rotatable bonds is 6. The van der Waals surface area contributed by atoms with E-state index in [4.69, 9.17) is 30.5 Å². The Kier molecular flexibility index (Phi) is 6.54. The Morgan fingerprint density at radius 3 is 2.74 bits per heavy atom. The number of ether oxygens (including phenoxy) is 4. The van der Waals surface area contributed by atoms with Crippen molar-refractivity contribution >= 4 is 45.8 Å². The molecule has 3 aromatic rings. The van der Waals surface area contributed by atoms with E-state index in [-0.39, 0.29) is 6.79 Å². The van der Waals surface area contributed by atoms with Crippen molar-refractivity contribution in [2.24, 2.45) is 0 Å². The van der Waals surface area contributed by atoms with Gasteiger partial charge in [0.25, 0.3) is 0 Å². The van der Waals surface area contributed by atoms with E-state index in [1.807, 2.05) is 42.5 Å². The molecule has 0 bridgehead atoms. The van der Waals surface area contributed by atoms with Crippen LogP contribution < -0.4 is 18.9 Å². The SMILES string of the molecule is COc1cc(/C=C(/C#N)c2ccc3c(c2)OCO3)cc(I)c1OCc1ccccc1Cl. The molecule has 0 aromatic heterocycles. The second kappa shape index (κ2) is 9.50. The highest BCUT2D eigenvalue weighted by Crippen LogP contribution is 2.37. The highest BCUT2D eigenvalue weighted by atomic mass is 127. The zero-order valence-electron chi connectivity index (χ0n) is 16.5. The molecule has 1 aliphatic heterocycles. The third-order valence-electron chi connectivity index (χ3n) is 4.70. The Labute approximate surface area is 198 Å². The summed E-state index contributed by atoms with van der Waals surface area (Å²) < 4.78 is 23.2. The topological polar surface area (TPSA) is 60.7 Å². The molecule has 0 fully saturated rings. The number of halogens is 2. The highest BCUT2D eigenvalue weighted by molar-refractivity contribution is 14.1. The van der Waals surface area contributed by atoms with E-state index in [1.54, 1.807) is 25.3 Å². The normalized spacial score (nSPS) is 12.4. The molecule has 1 heterocycles. The number of fused-ring (bicyclic) bond motifs is 1. The van der Waals surface area contributed by atoms with Crippen molar-refractivity contribution in [3.8, 4) is 29.1 Å². The molecule has 0 amide bonds. The maximum atomic E-state index is 9.72. The molecule has 7 heteroatoms. The molecule has 0 radical (unpaired) electrons. The molecule has 0 aliphatic carbocycles. The Balaban J connectivity index is 1.62. The van der Waals surface area contributed by atoms with Crippen molar-refractivity contribution in [2.45, 2.75) is 6.61 Å². The number of nitriles is 1. The van der Waals surface area contributed by atoms with Crippen LogP contribution in [0.3, 0.4) is 0 Å². The fraction of sp³-hybridized carbons (Fsp3) is 0.125. The molecular formula is C24H17ClINO4. The van der Waals surface area contributed by atoms with Gasteiger partial charge in [-0.2, -0.15) is 5.26 Å². The Morgan fingerprint density at radius 2 is 1.97 bits per heavy atom. The van der Waals surface area contributed by atoms with Crippen LogP contribution in [0.4, 0.5) is 0 Å². The van der Waals surface area contributed by atoms with Gasteiger partial charge in [-0.05, 0) is 76.2 Å². The van der Waals surface area contributed by atoms with Crippen LogP contribution >= 0.6 is 34.2 Å². The fourth-order valence-electron chi connectivity index (χ4n) is 3.14. The van der Waals surface area contributed by atoms with E-state index in [1.165, 1.54) is 0 Å². The number of hydrogen-bond donors (Lipinski definition) is 0. The predicted octanol–water partition coefficient (Wildman–Crippen LogP) is 6.33. The Hall–Kier alpha value is -2.89. The minimum Gasteiger partial charge on any atom is -0.493 e. The molecule has 0 saturated heterocycles. The van der Waals surface area contributed by atoms with Crippen LogP contribution in [0.2, 0.25) is 5.02 Å². The second-order valence-electron chi connectivity index (χ2n) is 6.65. The van der Waals surface area contributed by atoms with Gasteiger partial charge in [-0.1, -0.05) is 29.8 Å². The largest absolute Gasteiger partial charge is 0.493 e. The van der Waals surface area contributed by atoms with Crippen molar-refractivity contribution in [1.29, 1.82) is 5.26 Å². The maximum Gasteiger partial charge on any atom is 0.231 e. The van der Waals surface area contributed by atoms with Crippen LogP contribution in [-0.4, -0.2) is 13.9 Å². The lowest BCUT2D eigenvalue weighted by atomic mass is 10.0. The first-order valence-corrected chi connectivity index (χ1v) is 10.8. The number of methoxy groups -OCH3 is 1. The third kappa shape index (κ3) is 4.73. The first-order chi connectivity index (χ1) is 15.1. The molecular weight excluding hydrogens is 529 g/mol. The van der Waals surface area contributed by atoms with Gasteiger partial charge in [0.2, 0.25) is 6.79 Å². The summed E-state index contributed by atoms with van der Waals surface area (Å²) >= 11 is 8.42. The van der Waals surface area contributed by atoms with Gasteiger partial charge in [-0.25, -0.2) is 0 Å². The molecule has 31 heavy (non-hydrogen) atoms. The first-order valence-electron chi connectivity index (χ1n) is 9.34. The van der Waals surface area contributed by atoms with Crippen LogP contribution in [0.15, 0.2) is 54.6 Å². The summed E-state index contributed by atoms with van der Waals surface area (Å²) in [5, 5.41) is 10.4. The molecule has 5 nitrogen and oxygen atoms in total. The van der Waals surface area contributed by atoms with Crippen LogP contribution in [0.25, 0.3) is 11.6 Å². The maximum absolute atomic E-state index is 9.72. The predicted molar refractivity (Wildman–Crippen MR) is 128 cm³/mol. The van der Waals surface area contributed by atoms with E-state index in [9.17, 15) is 5.26 Å². The third-order valence-corrected chi connectivity index (χ3v) is 5.87. The van der Waals surface area contributed by atoms with Crippen LogP contribution in [-0.2, 0) is 6.61 Å². The van der Waals surface area contributed by atoms with Gasteiger partial charge in [0, 0.05) is 10.6 Å². The summed E-state index contributed by atoms with van der Waals surface area (Å²) in [4.78, 5) is 0. The lowest BCUT2D eigenvalue weighted by molar-refractivity contribution is 0.174. The smallest absolute Gasteiger partial charge is 0.231 e. The van der Waals surface area contributed by atoms with Gasteiger partial charge in [0.15, 0.2) is 23.0 Å². The zero-order valence-corrected chi connectivity index (χ0v) is 19.4. The van der Waals surface area contributed by atoms with Gasteiger partial charge < -0.3 is 18.9 Å². The lowest BCUT2D eigenvalue weighted by Crippen LogP contribution is -2.00. The summed E-state index contributed by atoms with van der Waals surface area (Å²) in [5.41, 5.74) is 2.96. The van der Waals surface area contributed by atoms with Crippen LogP contribution in [0, 0.1) is 14.9 Å². The van der Waals surface area contributed by atoms with Crippen molar-refractivity contribution in [1.82, 2.24) is 0 Å². The summed E-state index contributed by atoms with van der Waals surface area (Å²) in [6.45, 7) is 0.511. The molecule has 0 atom stereocenters. The average Bonchev–Trinajstić information content (AvgIpc) is 3.25. The highest BCUT2D eigenvalue weighted by Gasteiger charge is 2.16. The van der Waals surface area contributed by atoms with Gasteiger partial charge in [0.05, 0.1) is 22.3 Å². The van der Waals surface area contributed by atoms with E-state index in [2.05, 4.69) is 28.7 Å². The van der Waals surface area contributed by atoms with Crippen LogP contribution in [0.5, 0.6) is 23.0 Å². The van der Waals surface area contributed by atoms with Crippen molar-refractivity contribution < 1.29 is 18.9 Å². The number of allylic oxidation sites excluding steroid dienone is 1. The van der Waals surface area contributed by atoms with Crippen molar-refractivity contribution in [3.63, 3.8) is 0 Å². The monoisotopic (exact) mass is 545 g/mol. The molecule has 0 saturated carbocycles. The molecule has 1 aliphatic rings. The number of nitrogens with zero attached hydrogens (tertiary/aromatic N) is 1. The minimum absolute atomic E-state index is 0.190. The summed E-state index contributed by atoms with van der Waals surface area (Å²) in [5.74, 6) is 2.52. The number of benzene rings is 3. The number of hydrogen-bond acceptors (Lipinski definition) is 5. The summed E-state index contributed by atoms with van der Waals surface area (Å²) in [7, 11) is 1.59. The van der Waals surface area contributed by atoms with Gasteiger partial charge >= 0.3 is 0 Å². The van der Waals surface area contributed by atoms with Gasteiger partial charge in [-0.15, -0.1) is 0 Å². The van der Waals surface area contributed by atoms with Crippen molar-refractivity contribution in [2.75, 3.05) is 13.9 Å². The first kappa shape index (κ1) is 21.3. The molecule has 0 N–H and O–H groups in total. The van der Waals surface area contributed by atoms with E-state index < -0.39 is 0 Å². The standard InChI is InChI=1S/C24H17ClINO4/c1-28-23-10-15(8-18(12-27)16-6-7-21-22(11-16)31-14-30-21)9-20(26)24(23)29-13-17-4-2-3-5-19(17)25/h2-11H,13-14H2,1H3/b18-8-. The van der Waals surface area contributed by atoms with Gasteiger partial charge in [0.1, 0.15) is 6.61 Å². The second-order valence-corrected chi connectivity index (χ2v) is 8.22. The average molecular weight is 546 g/mol. The molecule has 156 valence electrons. The van der Waals surface area contributed by atoms with Gasteiger partial charge in [-0.3, -0.25) is 0 Å². The summed E-state index contributed by atoms with van der Waals surface area (Å²) in [6, 6.07) is 19.0. The van der Waals surface area contributed by atoms with E-state index >= 15 is 0 Å². The van der Waals surface area contributed by atoms with E-state index in [0.29, 0.717) is 40.2 Å². The quantitative estimate of drug-likeness (QED) is 0.206. The molecule has 0 spiro atoms. The van der Waals surface area contributed by atoms with Crippen molar-refractivity contribution in [3.05, 3.63) is 79.9 Å². The Bertz CT molecular complexity index is 1200. The lowest BCUT2D eigenvalue weighted by Gasteiger charge is -2.14. The molecule has 4 rings (SSSR count). The Morgan fingerprint density at radius 1 is 1.16 bits per heavy atom. The molecule has 0 unspecified atom stereocenters. The van der Waals surface area contributed by atoms with Crippen LogP contribution in [0.1, 0.15) is 16.7 Å².